The number of nitrogens with one attached hydrogen (secondary N) is 1. The maximum absolute atomic E-state index is 12.8. The van der Waals surface area contributed by atoms with Crippen LogP contribution in [-0.2, 0) is 19.7 Å². The van der Waals surface area contributed by atoms with Gasteiger partial charge in [0.05, 0.1) is 9.83 Å². The van der Waals surface area contributed by atoms with Gasteiger partial charge in [-0.05, 0) is 85.6 Å². The summed E-state index contributed by atoms with van der Waals surface area (Å²) in [6, 6.07) is 14.6. The Morgan fingerprint density at radius 1 is 1.02 bits per heavy atom. The van der Waals surface area contributed by atoms with Crippen LogP contribution in [0.15, 0.2) is 70.5 Å². The maximum Gasteiger partial charge on any atom is 0.339 e. The molecule has 0 aromatic heterocycles. The largest absolute Gasteiger partial charge is 0.379 e. The van der Waals surface area contributed by atoms with Gasteiger partial charge in [-0.1, -0.05) is 24.3 Å². The first-order valence-electron chi connectivity index (χ1n) is 11.8. The van der Waals surface area contributed by atoms with Crippen molar-refractivity contribution in [3.8, 4) is 5.75 Å². The summed E-state index contributed by atoms with van der Waals surface area (Å²) in [5.41, 5.74) is 2.90. The van der Waals surface area contributed by atoms with Crippen LogP contribution in [-0.4, -0.2) is 41.8 Å². The van der Waals surface area contributed by atoms with Gasteiger partial charge in [0.2, 0.25) is 5.91 Å². The van der Waals surface area contributed by atoms with Gasteiger partial charge in [-0.15, -0.1) is 0 Å². The predicted octanol–water partition coefficient (Wildman–Crippen LogP) is 4.96. The second kappa shape index (κ2) is 11.3. The highest BCUT2D eigenvalue weighted by molar-refractivity contribution is 8.18. The number of nitro groups is 1. The molecule has 1 N–H and O–H groups in total. The summed E-state index contributed by atoms with van der Waals surface area (Å²) in [5, 5.41) is 13.2. The summed E-state index contributed by atoms with van der Waals surface area (Å²) in [6.45, 7) is 4.82. The Bertz CT molecular complexity index is 1660. The maximum atomic E-state index is 12.8. The highest BCUT2D eigenvalue weighted by Gasteiger charge is 2.36. The molecule has 1 saturated heterocycles. The number of anilines is 1. The molecule has 40 heavy (non-hydrogen) atoms. The molecule has 1 heterocycles. The molecule has 0 atom stereocenters. The molecule has 3 aromatic rings. The van der Waals surface area contributed by atoms with Gasteiger partial charge in [0, 0.05) is 17.3 Å². The van der Waals surface area contributed by atoms with E-state index in [4.69, 9.17) is 4.18 Å². The molecule has 1 fully saturated rings. The van der Waals surface area contributed by atoms with Gasteiger partial charge in [-0.2, -0.15) is 8.42 Å². The normalized spacial score (nSPS) is 14.5. The first kappa shape index (κ1) is 28.5. The first-order valence-corrected chi connectivity index (χ1v) is 14.0. The lowest BCUT2D eigenvalue weighted by atomic mass is 10.1. The van der Waals surface area contributed by atoms with Gasteiger partial charge in [0.25, 0.3) is 16.8 Å². The van der Waals surface area contributed by atoms with Crippen molar-refractivity contribution in [2.45, 2.75) is 25.7 Å². The SMILES string of the molecule is Cc1cc(C)cc(NC(=O)CN2C(=O)S/C(=C\c3ccc(OS(=O)(=O)c4ccc(C)c([N+](=O)[O-])c4)cc3)C2=O)c1. The zero-order chi connectivity index (χ0) is 29.2. The third kappa shape index (κ3) is 6.55. The average molecular weight is 582 g/mol. The van der Waals surface area contributed by atoms with Gasteiger partial charge >= 0.3 is 10.1 Å². The van der Waals surface area contributed by atoms with Crippen molar-refractivity contribution in [3.05, 3.63) is 97.9 Å². The Morgan fingerprint density at radius 3 is 2.30 bits per heavy atom. The quantitative estimate of drug-likeness (QED) is 0.168. The number of carbonyl (C=O) groups excluding carboxylic acids is 3. The minimum atomic E-state index is -4.35. The van der Waals surface area contributed by atoms with Gasteiger partial charge in [-0.25, -0.2) is 0 Å². The predicted molar refractivity (Wildman–Crippen MR) is 149 cm³/mol. The minimum absolute atomic E-state index is 0.0588. The monoisotopic (exact) mass is 581 g/mol. The van der Waals surface area contributed by atoms with E-state index in [-0.39, 0.29) is 21.2 Å². The van der Waals surface area contributed by atoms with E-state index in [1.807, 2.05) is 19.9 Å². The van der Waals surface area contributed by atoms with Crippen LogP contribution in [0.1, 0.15) is 22.3 Å². The lowest BCUT2D eigenvalue weighted by Crippen LogP contribution is -2.36. The Balaban J connectivity index is 1.43. The van der Waals surface area contributed by atoms with Crippen molar-refractivity contribution in [3.63, 3.8) is 0 Å². The first-order chi connectivity index (χ1) is 18.8. The van der Waals surface area contributed by atoms with Crippen molar-refractivity contribution in [2.24, 2.45) is 0 Å². The van der Waals surface area contributed by atoms with Crippen LogP contribution in [0.3, 0.4) is 0 Å². The number of carbonyl (C=O) groups is 3. The number of nitro benzene ring substituents is 1. The van der Waals surface area contributed by atoms with Crippen molar-refractivity contribution in [1.82, 2.24) is 4.90 Å². The summed E-state index contributed by atoms with van der Waals surface area (Å²) in [7, 11) is -4.35. The molecule has 206 valence electrons. The third-order valence-electron chi connectivity index (χ3n) is 5.73. The van der Waals surface area contributed by atoms with E-state index in [2.05, 4.69) is 5.32 Å². The summed E-state index contributed by atoms with van der Waals surface area (Å²) in [5.74, 6) is -1.21. The van der Waals surface area contributed by atoms with Crippen LogP contribution in [0.25, 0.3) is 6.08 Å². The fourth-order valence-corrected chi connectivity index (χ4v) is 5.70. The third-order valence-corrected chi connectivity index (χ3v) is 7.88. The molecular formula is C27H23N3O8S2. The Hall–Kier alpha value is -4.49. The number of imide groups is 1. The van der Waals surface area contributed by atoms with E-state index in [1.165, 1.54) is 49.4 Å². The van der Waals surface area contributed by atoms with E-state index >= 15 is 0 Å². The molecule has 0 bridgehead atoms. The average Bonchev–Trinajstić information content (AvgIpc) is 3.11. The molecule has 4 rings (SSSR count). The van der Waals surface area contributed by atoms with Crippen LogP contribution in [0.4, 0.5) is 16.2 Å². The zero-order valence-electron chi connectivity index (χ0n) is 21.5. The van der Waals surface area contributed by atoms with Crippen LogP contribution in [0.5, 0.6) is 5.75 Å². The van der Waals surface area contributed by atoms with Gasteiger partial charge in [0.15, 0.2) is 0 Å². The molecule has 0 saturated carbocycles. The summed E-state index contributed by atoms with van der Waals surface area (Å²) < 4.78 is 30.3. The number of nitrogens with zero attached hydrogens (tertiary/aromatic N) is 2. The second-order valence-corrected chi connectivity index (χ2v) is 11.5. The molecule has 1 aliphatic rings. The molecule has 3 aromatic carbocycles. The fourth-order valence-electron chi connectivity index (χ4n) is 3.91. The lowest BCUT2D eigenvalue weighted by molar-refractivity contribution is -0.385. The topological polar surface area (TPSA) is 153 Å². The van der Waals surface area contributed by atoms with Gasteiger partial charge in [-0.3, -0.25) is 29.4 Å². The van der Waals surface area contributed by atoms with E-state index in [0.717, 1.165) is 22.1 Å². The van der Waals surface area contributed by atoms with Gasteiger partial charge < -0.3 is 9.50 Å². The number of benzene rings is 3. The molecule has 3 amide bonds. The van der Waals surface area contributed by atoms with Crippen LogP contribution >= 0.6 is 11.8 Å². The van der Waals surface area contributed by atoms with E-state index in [1.54, 1.807) is 12.1 Å². The van der Waals surface area contributed by atoms with E-state index in [0.29, 0.717) is 28.6 Å². The summed E-state index contributed by atoms with van der Waals surface area (Å²) in [4.78, 5) is 48.8. The molecule has 0 aliphatic carbocycles. The number of aryl methyl sites for hydroxylation is 3. The van der Waals surface area contributed by atoms with Crippen molar-refractivity contribution >= 4 is 56.4 Å². The minimum Gasteiger partial charge on any atom is -0.379 e. The fraction of sp³-hybridized carbons (Fsp3) is 0.148. The number of thioether (sulfide) groups is 1. The number of hydrogen-bond acceptors (Lipinski definition) is 9. The van der Waals surface area contributed by atoms with Crippen molar-refractivity contribution in [1.29, 1.82) is 0 Å². The number of hydrogen-bond donors (Lipinski definition) is 1. The summed E-state index contributed by atoms with van der Waals surface area (Å²) >= 11 is 0.682. The molecule has 0 radical (unpaired) electrons. The molecule has 1 aliphatic heterocycles. The molecule has 11 nitrogen and oxygen atoms in total. The van der Waals surface area contributed by atoms with Crippen LogP contribution in [0, 0.1) is 30.9 Å². The smallest absolute Gasteiger partial charge is 0.339 e. The molecule has 13 heteroatoms. The van der Waals surface area contributed by atoms with Crippen LogP contribution < -0.4 is 9.50 Å². The molecular weight excluding hydrogens is 558 g/mol. The van der Waals surface area contributed by atoms with Crippen LogP contribution in [0.2, 0.25) is 0 Å². The second-order valence-electron chi connectivity index (χ2n) is 9.00. The number of amides is 3. The highest BCUT2D eigenvalue weighted by Crippen LogP contribution is 2.33. The zero-order valence-corrected chi connectivity index (χ0v) is 23.2. The Labute approximate surface area is 234 Å². The van der Waals surface area contributed by atoms with E-state index in [9.17, 15) is 32.9 Å². The Morgan fingerprint density at radius 2 is 1.68 bits per heavy atom. The summed E-state index contributed by atoms with van der Waals surface area (Å²) in [6.07, 6.45) is 1.44. The lowest BCUT2D eigenvalue weighted by Gasteiger charge is -2.13. The number of rotatable bonds is 8. The molecule has 0 spiro atoms. The Kier molecular flexibility index (Phi) is 8.07. The highest BCUT2D eigenvalue weighted by atomic mass is 32.2. The van der Waals surface area contributed by atoms with Gasteiger partial charge in [0.1, 0.15) is 17.2 Å². The van der Waals surface area contributed by atoms with Crippen molar-refractivity contribution < 1.29 is 31.9 Å². The molecule has 0 unspecified atom stereocenters. The van der Waals surface area contributed by atoms with E-state index < -0.39 is 38.6 Å². The standard InChI is InChI=1S/C27H23N3O8S2/c1-16-10-17(2)12-20(11-16)28-25(31)15-29-26(32)24(39-27(29)33)13-19-5-7-21(8-6-19)38-40(36,37)22-9-4-18(3)23(14-22)30(34)35/h4-14H,15H2,1-3H3,(H,28,31)/b24-13-. The van der Waals surface area contributed by atoms with Crippen molar-refractivity contribution in [2.75, 3.05) is 11.9 Å².